The fourth-order valence-corrected chi connectivity index (χ4v) is 4.52. The van der Waals surface area contributed by atoms with Gasteiger partial charge in [0.15, 0.2) is 0 Å². The van der Waals surface area contributed by atoms with Crippen LogP contribution in [0.15, 0.2) is 96.7 Å². The second kappa shape index (κ2) is 9.97. The molecule has 0 saturated heterocycles. The summed E-state index contributed by atoms with van der Waals surface area (Å²) in [5.74, 6) is -0.712. The Labute approximate surface area is 217 Å². The van der Waals surface area contributed by atoms with Gasteiger partial charge < -0.3 is 9.88 Å². The second-order valence-electron chi connectivity index (χ2n) is 8.41. The van der Waals surface area contributed by atoms with E-state index in [4.69, 9.17) is 11.6 Å². The molecule has 0 aliphatic carbocycles. The van der Waals surface area contributed by atoms with Crippen molar-refractivity contribution in [1.82, 2.24) is 4.57 Å². The Kier molecular flexibility index (Phi) is 6.42. The molecule has 1 aromatic heterocycles. The lowest BCUT2D eigenvalue weighted by Crippen LogP contribution is -2.14. The molecule has 5 rings (SSSR count). The molecule has 37 heavy (non-hydrogen) atoms. The lowest BCUT2D eigenvalue weighted by atomic mass is 10.0. The van der Waals surface area contributed by atoms with Crippen LogP contribution in [0.1, 0.15) is 11.1 Å². The fraction of sp³-hybridized carbons (Fsp3) is 0.0345. The van der Waals surface area contributed by atoms with Crippen molar-refractivity contribution >= 4 is 56.6 Å². The summed E-state index contributed by atoms with van der Waals surface area (Å²) in [6.07, 6.45) is 3.43. The van der Waals surface area contributed by atoms with Gasteiger partial charge in [0.2, 0.25) is 0 Å². The van der Waals surface area contributed by atoms with Crippen molar-refractivity contribution in [2.75, 3.05) is 5.32 Å². The van der Waals surface area contributed by atoms with Crippen LogP contribution in [-0.4, -0.2) is 15.4 Å². The quantitative estimate of drug-likeness (QED) is 0.116. The molecule has 5 aromatic rings. The van der Waals surface area contributed by atoms with Crippen LogP contribution in [0.5, 0.6) is 0 Å². The molecule has 0 aliphatic rings. The summed E-state index contributed by atoms with van der Waals surface area (Å²) >= 11 is 6.11. The molecule has 180 valence electrons. The lowest BCUT2D eigenvalue weighted by Gasteiger charge is -2.09. The van der Waals surface area contributed by atoms with E-state index < -0.39 is 10.8 Å². The van der Waals surface area contributed by atoms with Crippen LogP contribution < -0.4 is 5.32 Å². The number of fused-ring (bicyclic) bond motifs is 2. The highest BCUT2D eigenvalue weighted by atomic mass is 35.5. The van der Waals surface area contributed by atoms with Crippen molar-refractivity contribution in [2.45, 2.75) is 6.54 Å². The summed E-state index contributed by atoms with van der Waals surface area (Å²) in [6, 6.07) is 27.8. The predicted molar refractivity (Wildman–Crippen MR) is 145 cm³/mol. The summed E-state index contributed by atoms with van der Waals surface area (Å²) in [5.41, 5.74) is 2.48. The molecule has 0 aliphatic heterocycles. The molecule has 1 amide bonds. The summed E-state index contributed by atoms with van der Waals surface area (Å²) in [6.45, 7) is 0.604. The number of aromatic nitrogens is 1. The zero-order valence-electron chi connectivity index (χ0n) is 19.4. The average Bonchev–Trinajstić information content (AvgIpc) is 3.25. The molecule has 7 nitrogen and oxygen atoms in total. The largest absolute Gasteiger partial charge is 0.342 e. The Balaban J connectivity index is 1.51. The summed E-state index contributed by atoms with van der Waals surface area (Å²) in [7, 11) is 0. The van der Waals surface area contributed by atoms with Crippen LogP contribution >= 0.6 is 11.6 Å². The van der Waals surface area contributed by atoms with Crippen LogP contribution in [0, 0.1) is 21.4 Å². The normalized spacial score (nSPS) is 11.4. The van der Waals surface area contributed by atoms with E-state index >= 15 is 0 Å². The molecule has 8 heteroatoms. The summed E-state index contributed by atoms with van der Waals surface area (Å²) in [5, 5.41) is 26.7. The predicted octanol–water partition coefficient (Wildman–Crippen LogP) is 6.95. The Bertz CT molecular complexity index is 1760. The van der Waals surface area contributed by atoms with E-state index in [0.29, 0.717) is 12.1 Å². The standard InChI is InChI=1S/C29H19ClN4O3/c30-26-13-12-23(34(36)37)15-27(26)32-29(35)21(16-31)14-22-18-33(28-11-4-3-10-25(22)28)17-20-8-5-7-19-6-1-2-9-24(19)20/h1-15,18H,17H2,(H,32,35). The number of non-ortho nitro benzene ring substituents is 1. The number of hydrogen-bond donors (Lipinski definition) is 1. The van der Waals surface area contributed by atoms with Gasteiger partial charge in [0.25, 0.3) is 11.6 Å². The lowest BCUT2D eigenvalue weighted by molar-refractivity contribution is -0.384. The number of para-hydroxylation sites is 1. The van der Waals surface area contributed by atoms with Crippen LogP contribution in [-0.2, 0) is 11.3 Å². The maximum Gasteiger partial charge on any atom is 0.271 e. The van der Waals surface area contributed by atoms with Crippen molar-refractivity contribution in [3.63, 3.8) is 0 Å². The third kappa shape index (κ3) is 4.79. The van der Waals surface area contributed by atoms with Crippen LogP contribution in [0.4, 0.5) is 11.4 Å². The zero-order chi connectivity index (χ0) is 25.9. The number of carbonyl (C=O) groups excluding carboxylic acids is 1. The molecule has 0 saturated carbocycles. The van der Waals surface area contributed by atoms with Crippen molar-refractivity contribution in [3.05, 3.63) is 123 Å². The summed E-state index contributed by atoms with van der Waals surface area (Å²) in [4.78, 5) is 23.4. The maximum atomic E-state index is 12.9. The third-order valence-electron chi connectivity index (χ3n) is 6.11. The molecule has 1 N–H and O–H groups in total. The van der Waals surface area contributed by atoms with Crippen molar-refractivity contribution in [3.8, 4) is 6.07 Å². The van der Waals surface area contributed by atoms with Gasteiger partial charge >= 0.3 is 0 Å². The molecule has 0 unspecified atom stereocenters. The number of nitro groups is 1. The number of amides is 1. The molecular weight excluding hydrogens is 488 g/mol. The third-order valence-corrected chi connectivity index (χ3v) is 6.44. The number of carbonyl (C=O) groups is 1. The molecule has 0 atom stereocenters. The SMILES string of the molecule is N#CC(=Cc1cn(Cc2cccc3ccccc23)c2ccccc12)C(=O)Nc1cc([N+](=O)[O-])ccc1Cl. The number of nitrogens with zero attached hydrogens (tertiary/aromatic N) is 3. The monoisotopic (exact) mass is 506 g/mol. The Morgan fingerprint density at radius 2 is 1.76 bits per heavy atom. The molecule has 0 radical (unpaired) electrons. The van der Waals surface area contributed by atoms with Gasteiger partial charge in [0.1, 0.15) is 11.6 Å². The topological polar surface area (TPSA) is 101 Å². The zero-order valence-corrected chi connectivity index (χ0v) is 20.1. The number of benzene rings is 4. The molecule has 1 heterocycles. The molecular formula is C29H19ClN4O3. The fourth-order valence-electron chi connectivity index (χ4n) is 4.35. The van der Waals surface area contributed by atoms with Gasteiger partial charge in [-0.2, -0.15) is 5.26 Å². The van der Waals surface area contributed by atoms with E-state index in [9.17, 15) is 20.2 Å². The highest BCUT2D eigenvalue weighted by Gasteiger charge is 2.16. The van der Waals surface area contributed by atoms with Crippen LogP contribution in [0.25, 0.3) is 27.8 Å². The van der Waals surface area contributed by atoms with E-state index in [1.54, 1.807) is 0 Å². The molecule has 0 bridgehead atoms. The molecule has 0 spiro atoms. The van der Waals surface area contributed by atoms with E-state index in [-0.39, 0.29) is 22.0 Å². The first-order valence-electron chi connectivity index (χ1n) is 11.4. The number of nitro benzene ring substituents is 1. The second-order valence-corrected chi connectivity index (χ2v) is 8.82. The van der Waals surface area contributed by atoms with Crippen molar-refractivity contribution < 1.29 is 9.72 Å². The number of hydrogen-bond acceptors (Lipinski definition) is 4. The van der Waals surface area contributed by atoms with E-state index in [0.717, 1.165) is 33.3 Å². The number of halogens is 1. The smallest absolute Gasteiger partial charge is 0.271 e. The molecule has 4 aromatic carbocycles. The first kappa shape index (κ1) is 23.8. The van der Waals surface area contributed by atoms with Gasteiger partial charge in [-0.15, -0.1) is 0 Å². The van der Waals surface area contributed by atoms with Gasteiger partial charge in [-0.3, -0.25) is 14.9 Å². The van der Waals surface area contributed by atoms with Crippen LogP contribution in [0.3, 0.4) is 0 Å². The van der Waals surface area contributed by atoms with Gasteiger partial charge in [0.05, 0.1) is 15.6 Å². The highest BCUT2D eigenvalue weighted by Crippen LogP contribution is 2.29. The van der Waals surface area contributed by atoms with E-state index in [1.165, 1.54) is 18.2 Å². The minimum absolute atomic E-state index is 0.0559. The van der Waals surface area contributed by atoms with Gasteiger partial charge in [0, 0.05) is 41.3 Å². The van der Waals surface area contributed by atoms with Gasteiger partial charge in [-0.05, 0) is 34.5 Å². The Morgan fingerprint density at radius 3 is 2.54 bits per heavy atom. The number of nitriles is 1. The number of anilines is 1. The molecule has 0 fully saturated rings. The van der Waals surface area contributed by atoms with Crippen LogP contribution in [0.2, 0.25) is 5.02 Å². The van der Waals surface area contributed by atoms with Crippen molar-refractivity contribution in [1.29, 1.82) is 5.26 Å². The maximum absolute atomic E-state index is 12.9. The Morgan fingerprint density at radius 1 is 1.03 bits per heavy atom. The average molecular weight is 507 g/mol. The minimum Gasteiger partial charge on any atom is -0.342 e. The van der Waals surface area contributed by atoms with Crippen molar-refractivity contribution in [2.24, 2.45) is 0 Å². The minimum atomic E-state index is -0.712. The number of rotatable bonds is 6. The van der Waals surface area contributed by atoms with Gasteiger partial charge in [-0.1, -0.05) is 72.3 Å². The first-order valence-corrected chi connectivity index (χ1v) is 11.7. The first-order chi connectivity index (χ1) is 17.9. The van der Waals surface area contributed by atoms with E-state index in [1.807, 2.05) is 54.7 Å². The highest BCUT2D eigenvalue weighted by molar-refractivity contribution is 6.34. The Hall–Kier alpha value is -4.93. The van der Waals surface area contributed by atoms with E-state index in [2.05, 4.69) is 34.1 Å². The van der Waals surface area contributed by atoms with Gasteiger partial charge in [-0.25, -0.2) is 0 Å². The summed E-state index contributed by atoms with van der Waals surface area (Å²) < 4.78 is 2.09. The number of nitrogens with one attached hydrogen (secondary N) is 1.